The number of aromatic nitrogens is 9. The molecule has 0 unspecified atom stereocenters. The number of nitrogens with zero attached hydrogens (tertiary/aromatic N) is 12. The number of hydrogen-bond donors (Lipinski definition) is 6. The van der Waals surface area contributed by atoms with Gasteiger partial charge in [0.25, 0.3) is 0 Å². The van der Waals surface area contributed by atoms with Crippen LogP contribution in [-0.4, -0.2) is 204 Å². The van der Waals surface area contributed by atoms with E-state index < -0.39 is 0 Å². The van der Waals surface area contributed by atoms with Crippen LogP contribution in [0.4, 0.5) is 53.5 Å². The molecule has 0 saturated heterocycles. The third-order valence-corrected chi connectivity index (χ3v) is 5.66. The molecule has 0 aromatic carbocycles. The minimum absolute atomic E-state index is 0.310. The summed E-state index contributed by atoms with van der Waals surface area (Å²) in [6.45, 7) is 12.2. The van der Waals surface area contributed by atoms with Crippen LogP contribution in [0, 0.1) is 0 Å². The van der Waals surface area contributed by atoms with E-state index in [1.807, 2.05) is 55.1 Å². The molecule has 29 nitrogen and oxygen atoms in total. The molecule has 0 aliphatic heterocycles. The molecule has 0 atom stereocenters. The molecule has 0 aliphatic rings. The zero-order chi connectivity index (χ0) is 48.0. The first-order valence-electron chi connectivity index (χ1n) is 16.7. The normalized spacial score (nSPS) is 8.79. The average molecular weight is 877 g/mol. The zero-order valence-corrected chi connectivity index (χ0v) is 37.1. The van der Waals surface area contributed by atoms with Crippen molar-refractivity contribution in [3.63, 3.8) is 0 Å². The van der Waals surface area contributed by atoms with E-state index in [1.165, 1.54) is 0 Å². The van der Waals surface area contributed by atoms with Gasteiger partial charge in [-0.05, 0) is 0 Å². The predicted octanol–water partition coefficient (Wildman–Crippen LogP) is -1.02. The van der Waals surface area contributed by atoms with E-state index in [2.05, 4.69) is 76.8 Å². The van der Waals surface area contributed by atoms with Gasteiger partial charge >= 0.3 is 0 Å². The molecule has 0 saturated carbocycles. The van der Waals surface area contributed by atoms with Crippen LogP contribution in [-0.2, 0) is 52.4 Å². The van der Waals surface area contributed by atoms with Gasteiger partial charge in [-0.1, -0.05) is 0 Å². The molecule has 0 spiro atoms. The topological polar surface area (TPSA) is 339 Å². The van der Waals surface area contributed by atoms with Crippen molar-refractivity contribution >= 4 is 87.5 Å². The van der Waals surface area contributed by atoms with Crippen molar-refractivity contribution in [1.82, 2.24) is 44.9 Å². The highest BCUT2D eigenvalue weighted by atomic mass is 16.5. The van der Waals surface area contributed by atoms with Gasteiger partial charge in [-0.15, -0.1) is 0 Å². The van der Waals surface area contributed by atoms with E-state index in [0.29, 0.717) is 93.9 Å². The van der Waals surface area contributed by atoms with Gasteiger partial charge in [0.2, 0.25) is 53.5 Å². The quantitative estimate of drug-likeness (QED) is 0.0698. The van der Waals surface area contributed by atoms with Crippen molar-refractivity contribution in [2.75, 3.05) is 172 Å². The van der Waals surface area contributed by atoms with Crippen molar-refractivity contribution in [2.24, 2.45) is 0 Å². The van der Waals surface area contributed by atoms with Gasteiger partial charge < -0.3 is 99.0 Å². The Hall–Kier alpha value is -6.66. The summed E-state index contributed by atoms with van der Waals surface area (Å²) in [5.74, 6) is 4.35. The van der Waals surface area contributed by atoms with Crippen LogP contribution >= 0.6 is 0 Å². The Morgan fingerprint density at radius 3 is 0.836 bits per heavy atom. The summed E-state index contributed by atoms with van der Waals surface area (Å²) in [7, 11) is 20.3. The van der Waals surface area contributed by atoms with Crippen molar-refractivity contribution in [1.29, 1.82) is 0 Å². The highest BCUT2D eigenvalue weighted by Crippen LogP contribution is 2.15. The van der Waals surface area contributed by atoms with Crippen LogP contribution in [0.25, 0.3) is 0 Å². The predicted molar refractivity (Wildman–Crippen MR) is 231 cm³/mol. The second-order valence-electron chi connectivity index (χ2n) is 9.77. The highest BCUT2D eigenvalue weighted by molar-refractivity contribution is 5.45. The molecule has 0 bridgehead atoms. The van der Waals surface area contributed by atoms with E-state index in [0.717, 1.165) is 0 Å². The number of hydrogen-bond acceptors (Lipinski definition) is 29. The summed E-state index contributed by atoms with van der Waals surface area (Å²) >= 11 is 0. The summed E-state index contributed by atoms with van der Waals surface area (Å²) in [6.07, 6.45) is 0. The largest absolute Gasteiger partial charge is 0.364 e. The highest BCUT2D eigenvalue weighted by Gasteiger charge is 2.13. The van der Waals surface area contributed by atoms with Gasteiger partial charge in [0.15, 0.2) is 0 Å². The van der Waals surface area contributed by atoms with Crippen molar-refractivity contribution in [3.05, 3.63) is 0 Å². The third-order valence-electron chi connectivity index (χ3n) is 5.66. The molecule has 0 aliphatic carbocycles. The minimum Gasteiger partial charge on any atom is -0.364 e. The lowest BCUT2D eigenvalue weighted by Crippen LogP contribution is -2.27. The van der Waals surface area contributed by atoms with E-state index in [4.69, 9.17) is 52.4 Å². The molecule has 348 valence electrons. The molecule has 3 aromatic rings. The smallest absolute Gasteiger partial charge is 0.233 e. The van der Waals surface area contributed by atoms with E-state index in [9.17, 15) is 0 Å². The maximum absolute atomic E-state index is 8.00. The summed E-state index contributed by atoms with van der Waals surface area (Å²) in [4.78, 5) is 83.0. The number of anilines is 9. The fraction of sp³-hybridized carbons (Fsp3) is 0.562. The van der Waals surface area contributed by atoms with Crippen LogP contribution in [0.1, 0.15) is 0 Å². The number of rotatable bonds is 21. The van der Waals surface area contributed by atoms with Gasteiger partial charge in [0.1, 0.15) is 74.3 Å². The number of methoxy groups -OCH3 is 6. The van der Waals surface area contributed by atoms with Crippen molar-refractivity contribution < 1.29 is 52.4 Å². The minimum atomic E-state index is 0.310. The molecule has 61 heavy (non-hydrogen) atoms. The molecule has 29 heteroatoms. The summed E-state index contributed by atoms with van der Waals surface area (Å²) in [5, 5.41) is 17.3. The maximum Gasteiger partial charge on any atom is 0.233 e. The Morgan fingerprint density at radius 2 is 0.574 bits per heavy atom. The number of carbonyl (C=O) groups excluding carboxylic acids is 5. The zero-order valence-electron chi connectivity index (χ0n) is 37.1. The molecule has 0 fully saturated rings. The van der Waals surface area contributed by atoms with Gasteiger partial charge in [-0.3, -0.25) is 0 Å². The Labute approximate surface area is 356 Å². The molecule has 3 rings (SSSR count). The Morgan fingerprint density at radius 1 is 0.361 bits per heavy atom. The van der Waals surface area contributed by atoms with Crippen LogP contribution in [0.3, 0.4) is 0 Å². The SMILES string of the molecule is C=O.C=O.C=O.C=O.C=O.CNc1nc(NC)nc(NCOC)n1.CNc1nc(NCOC)nc(N(C)COC)n1.COCNc1nc(N(C)COC)nc(N(C)COC)n1. The Balaban J connectivity index is -0.000000235. The lowest BCUT2D eigenvalue weighted by atomic mass is 10.7. The third kappa shape index (κ3) is 30.1. The van der Waals surface area contributed by atoms with Gasteiger partial charge in [-0.25, -0.2) is 0 Å². The second kappa shape index (κ2) is 46.0. The van der Waals surface area contributed by atoms with Gasteiger partial charge in [0.05, 0.1) is 0 Å². The molecular formula is C32H64N18O11. The monoisotopic (exact) mass is 877 g/mol. The molecule has 6 N–H and O–H groups in total. The molecular weight excluding hydrogens is 812 g/mol. The molecule has 3 aromatic heterocycles. The molecule has 3 heterocycles. The van der Waals surface area contributed by atoms with E-state index >= 15 is 0 Å². The van der Waals surface area contributed by atoms with E-state index in [-0.39, 0.29) is 0 Å². The molecule has 0 radical (unpaired) electrons. The standard InChI is InChI=1S/C11H22N6O3.C9H18N6O2.C7H14N6O.5CH2O/c1-16(7-19-4)10-13-9(12-6-18-3)14-11(15-10)17(2)8-20-5;1-10-7-12-8(11-5-16-3)14-9(13-7)15(2)6-17-4;1-8-5-11-6(9-2)13-7(12-5)10-4-14-3;5*1-2/h6-8H2,1-5H3,(H,12,13,14,15);5-6H2,1-4H3,(H2,10,11,12,13,14);4H2,1-3H3,(H3,8,9,10,11,12,13);5*1H2. The lowest BCUT2D eigenvalue weighted by Gasteiger charge is -2.20. The second-order valence-corrected chi connectivity index (χ2v) is 9.77. The summed E-state index contributed by atoms with van der Waals surface area (Å²) in [6, 6.07) is 0. The maximum atomic E-state index is 8.00. The summed E-state index contributed by atoms with van der Waals surface area (Å²) < 4.78 is 29.8. The number of nitrogens with one attached hydrogen (secondary N) is 6. The van der Waals surface area contributed by atoms with Gasteiger partial charge in [0, 0.05) is 84.9 Å². The van der Waals surface area contributed by atoms with Crippen LogP contribution in [0.15, 0.2) is 0 Å². The first-order chi connectivity index (χ1) is 29.6. The fourth-order valence-corrected chi connectivity index (χ4v) is 3.34. The average Bonchev–Trinajstić information content (AvgIpc) is 3.32. The first kappa shape index (κ1) is 63.5. The fourth-order valence-electron chi connectivity index (χ4n) is 3.34. The van der Waals surface area contributed by atoms with Crippen LogP contribution < -0.4 is 46.6 Å². The number of ether oxygens (including phenoxy) is 6. The van der Waals surface area contributed by atoms with Gasteiger partial charge in [-0.2, -0.15) is 44.9 Å². The molecule has 0 amide bonds. The Bertz CT molecular complexity index is 1400. The van der Waals surface area contributed by atoms with Crippen LogP contribution in [0.2, 0.25) is 0 Å². The summed E-state index contributed by atoms with van der Waals surface area (Å²) in [5.41, 5.74) is 0. The number of carbonyl (C=O) groups is 5. The van der Waals surface area contributed by atoms with Crippen molar-refractivity contribution in [2.45, 2.75) is 0 Å². The van der Waals surface area contributed by atoms with E-state index in [1.54, 1.807) is 78.5 Å². The van der Waals surface area contributed by atoms with Crippen LogP contribution in [0.5, 0.6) is 0 Å². The lowest BCUT2D eigenvalue weighted by molar-refractivity contribution is -0.0987. The Kier molecular flexibility index (Phi) is 47.9. The first-order valence-corrected chi connectivity index (χ1v) is 16.7. The van der Waals surface area contributed by atoms with Crippen molar-refractivity contribution in [3.8, 4) is 0 Å².